The molecule has 8 heteroatoms. The highest BCUT2D eigenvalue weighted by Gasteiger charge is 2.21. The molecule has 0 spiro atoms. The smallest absolute Gasteiger partial charge is 0.251 e. The number of amides is 2. The van der Waals surface area contributed by atoms with Gasteiger partial charge in [0, 0.05) is 41.2 Å². The van der Waals surface area contributed by atoms with Crippen LogP contribution >= 0.6 is 11.6 Å². The highest BCUT2D eigenvalue weighted by molar-refractivity contribution is 6.30. The molecule has 2 aromatic heterocycles. The second-order valence-corrected chi connectivity index (χ2v) is 8.26. The number of nitrogens with zero attached hydrogens (tertiary/aromatic N) is 3. The molecule has 2 amide bonds. The van der Waals surface area contributed by atoms with Crippen LogP contribution in [0.1, 0.15) is 43.2 Å². The van der Waals surface area contributed by atoms with Crippen molar-refractivity contribution in [3.05, 3.63) is 71.0 Å². The van der Waals surface area contributed by atoms with E-state index >= 15 is 0 Å². The third kappa shape index (κ3) is 5.45. The van der Waals surface area contributed by atoms with Crippen molar-refractivity contribution >= 4 is 29.2 Å². The fourth-order valence-electron chi connectivity index (χ4n) is 2.69. The van der Waals surface area contributed by atoms with Gasteiger partial charge in [0.2, 0.25) is 5.91 Å². The van der Waals surface area contributed by atoms with Crippen LogP contribution in [-0.2, 0) is 10.2 Å². The van der Waals surface area contributed by atoms with Gasteiger partial charge in [0.05, 0.1) is 5.69 Å². The van der Waals surface area contributed by atoms with Crippen LogP contribution in [0, 0.1) is 0 Å². The van der Waals surface area contributed by atoms with Crippen LogP contribution < -0.4 is 10.6 Å². The minimum absolute atomic E-state index is 0.123. The Morgan fingerprint density at radius 2 is 1.83 bits per heavy atom. The summed E-state index contributed by atoms with van der Waals surface area (Å²) in [5.41, 5.74) is 1.13. The molecule has 2 N–H and O–H groups in total. The van der Waals surface area contributed by atoms with Crippen molar-refractivity contribution in [1.29, 1.82) is 0 Å². The number of rotatable bonds is 6. The number of carbonyl (C=O) groups excluding carboxylic acids is 2. The number of pyridine rings is 1. The van der Waals surface area contributed by atoms with E-state index in [0.29, 0.717) is 22.2 Å². The Labute approximate surface area is 180 Å². The quantitative estimate of drug-likeness (QED) is 0.625. The maximum Gasteiger partial charge on any atom is 0.251 e. The van der Waals surface area contributed by atoms with Crippen LogP contribution in [0.5, 0.6) is 0 Å². The molecule has 3 aromatic rings. The predicted molar refractivity (Wildman–Crippen MR) is 117 cm³/mol. The van der Waals surface area contributed by atoms with Gasteiger partial charge in [-0.3, -0.25) is 9.59 Å². The molecule has 0 aliphatic carbocycles. The van der Waals surface area contributed by atoms with Gasteiger partial charge in [-0.1, -0.05) is 38.4 Å². The molecule has 7 nitrogen and oxygen atoms in total. The Balaban J connectivity index is 1.65. The Hall–Kier alpha value is -3.19. The van der Waals surface area contributed by atoms with Crippen LogP contribution in [0.3, 0.4) is 0 Å². The molecule has 3 rings (SSSR count). The molecular weight excluding hydrogens is 402 g/mol. The lowest BCUT2D eigenvalue weighted by Gasteiger charge is -2.13. The maximum atomic E-state index is 12.5. The predicted octanol–water partition coefficient (Wildman–Crippen LogP) is 3.98. The number of aromatic nitrogens is 3. The summed E-state index contributed by atoms with van der Waals surface area (Å²) in [6.07, 6.45) is 1.79. The molecule has 0 saturated heterocycles. The Morgan fingerprint density at radius 1 is 1.10 bits per heavy atom. The molecule has 0 radical (unpaired) electrons. The summed E-state index contributed by atoms with van der Waals surface area (Å²) in [7, 11) is 0. The first-order chi connectivity index (χ1) is 14.2. The standard InChI is InChI=1S/C22H24ClN5O2/c1-22(2,3)17-14-19(28(27-17)18-6-4-5-12-24-18)26-20(29)11-13-25-21(30)15-7-9-16(23)10-8-15/h4-10,12,14H,11,13H2,1-3H3,(H,25,30)(H,26,29). The van der Waals surface area contributed by atoms with E-state index in [2.05, 4.69) is 41.5 Å². The van der Waals surface area contributed by atoms with Gasteiger partial charge in [-0.25, -0.2) is 4.98 Å². The Bertz CT molecular complexity index is 1020. The Kier molecular flexibility index (Phi) is 6.52. The first-order valence-electron chi connectivity index (χ1n) is 9.59. The van der Waals surface area contributed by atoms with Gasteiger partial charge in [0.15, 0.2) is 5.82 Å². The van der Waals surface area contributed by atoms with E-state index in [0.717, 1.165) is 5.69 Å². The fourth-order valence-corrected chi connectivity index (χ4v) is 2.81. The van der Waals surface area contributed by atoms with E-state index in [1.165, 1.54) is 0 Å². The second-order valence-electron chi connectivity index (χ2n) is 7.83. The van der Waals surface area contributed by atoms with Crippen molar-refractivity contribution in [2.24, 2.45) is 0 Å². The lowest BCUT2D eigenvalue weighted by molar-refractivity contribution is -0.116. The van der Waals surface area contributed by atoms with Crippen molar-refractivity contribution in [3.8, 4) is 5.82 Å². The van der Waals surface area contributed by atoms with Crippen LogP contribution in [0.25, 0.3) is 5.82 Å². The zero-order valence-electron chi connectivity index (χ0n) is 17.1. The monoisotopic (exact) mass is 425 g/mol. The van der Waals surface area contributed by atoms with Crippen LogP contribution in [0.4, 0.5) is 5.82 Å². The summed E-state index contributed by atoms with van der Waals surface area (Å²) in [6, 6.07) is 13.9. The molecule has 30 heavy (non-hydrogen) atoms. The van der Waals surface area contributed by atoms with Crippen molar-refractivity contribution in [2.45, 2.75) is 32.6 Å². The zero-order valence-corrected chi connectivity index (χ0v) is 17.9. The summed E-state index contributed by atoms with van der Waals surface area (Å²) in [5.74, 6) is 0.656. The number of anilines is 1. The largest absolute Gasteiger partial charge is 0.352 e. The molecule has 1 aromatic carbocycles. The van der Waals surface area contributed by atoms with Gasteiger partial charge in [-0.2, -0.15) is 9.78 Å². The van der Waals surface area contributed by atoms with E-state index in [1.807, 2.05) is 24.3 Å². The number of hydrogen-bond acceptors (Lipinski definition) is 4. The summed E-state index contributed by atoms with van der Waals surface area (Å²) >= 11 is 5.83. The molecular formula is C22H24ClN5O2. The van der Waals surface area contributed by atoms with E-state index in [4.69, 9.17) is 11.6 Å². The normalized spacial score (nSPS) is 11.2. The van der Waals surface area contributed by atoms with Gasteiger partial charge >= 0.3 is 0 Å². The van der Waals surface area contributed by atoms with Crippen LogP contribution in [-0.4, -0.2) is 33.1 Å². The molecule has 0 aliphatic heterocycles. The van der Waals surface area contributed by atoms with Crippen molar-refractivity contribution < 1.29 is 9.59 Å². The van der Waals surface area contributed by atoms with E-state index in [9.17, 15) is 9.59 Å². The first-order valence-corrected chi connectivity index (χ1v) is 9.97. The lowest BCUT2D eigenvalue weighted by atomic mass is 9.92. The SMILES string of the molecule is CC(C)(C)c1cc(NC(=O)CCNC(=O)c2ccc(Cl)cc2)n(-c2ccccn2)n1. The van der Waals surface area contributed by atoms with Crippen LogP contribution in [0.15, 0.2) is 54.7 Å². The first kappa shape index (κ1) is 21.5. The Morgan fingerprint density at radius 3 is 2.47 bits per heavy atom. The molecule has 0 bridgehead atoms. The number of benzene rings is 1. The van der Waals surface area contributed by atoms with E-state index in [1.54, 1.807) is 35.1 Å². The minimum Gasteiger partial charge on any atom is -0.352 e. The van der Waals surface area contributed by atoms with Crippen LogP contribution in [0.2, 0.25) is 5.02 Å². The molecule has 0 atom stereocenters. The lowest BCUT2D eigenvalue weighted by Crippen LogP contribution is -2.28. The second kappa shape index (κ2) is 9.09. The van der Waals surface area contributed by atoms with Gasteiger partial charge in [-0.05, 0) is 36.4 Å². The van der Waals surface area contributed by atoms with Crippen molar-refractivity contribution in [1.82, 2.24) is 20.1 Å². The maximum absolute atomic E-state index is 12.5. The highest BCUT2D eigenvalue weighted by atomic mass is 35.5. The molecule has 2 heterocycles. The van der Waals surface area contributed by atoms with Gasteiger partial charge < -0.3 is 10.6 Å². The molecule has 0 fully saturated rings. The summed E-state index contributed by atoms with van der Waals surface area (Å²) in [5, 5.41) is 10.8. The zero-order chi connectivity index (χ0) is 21.7. The van der Waals surface area contributed by atoms with Crippen molar-refractivity contribution in [2.75, 3.05) is 11.9 Å². The van der Waals surface area contributed by atoms with Gasteiger partial charge in [0.25, 0.3) is 5.91 Å². The average molecular weight is 426 g/mol. The third-order valence-electron chi connectivity index (χ3n) is 4.36. The fraction of sp³-hybridized carbons (Fsp3) is 0.273. The van der Waals surface area contributed by atoms with E-state index < -0.39 is 0 Å². The number of carbonyl (C=O) groups is 2. The third-order valence-corrected chi connectivity index (χ3v) is 4.61. The van der Waals surface area contributed by atoms with Gasteiger partial charge in [0.1, 0.15) is 5.82 Å². The topological polar surface area (TPSA) is 88.9 Å². The van der Waals surface area contributed by atoms with E-state index in [-0.39, 0.29) is 30.2 Å². The van der Waals surface area contributed by atoms with Gasteiger partial charge in [-0.15, -0.1) is 0 Å². The number of hydrogen-bond donors (Lipinski definition) is 2. The minimum atomic E-state index is -0.256. The highest BCUT2D eigenvalue weighted by Crippen LogP contribution is 2.25. The number of nitrogens with one attached hydrogen (secondary N) is 2. The molecule has 0 unspecified atom stereocenters. The summed E-state index contributed by atoms with van der Waals surface area (Å²) in [4.78, 5) is 28.9. The summed E-state index contributed by atoms with van der Waals surface area (Å²) < 4.78 is 1.62. The molecule has 0 aliphatic rings. The van der Waals surface area contributed by atoms with Crippen molar-refractivity contribution in [3.63, 3.8) is 0 Å². The number of halogens is 1. The molecule has 0 saturated carbocycles. The summed E-state index contributed by atoms with van der Waals surface area (Å²) in [6.45, 7) is 6.36. The molecule has 156 valence electrons. The average Bonchev–Trinajstić information content (AvgIpc) is 3.13.